The van der Waals surface area contributed by atoms with Gasteiger partial charge in [-0.1, -0.05) is 0 Å². The molecule has 0 aromatic carbocycles. The van der Waals surface area contributed by atoms with Gasteiger partial charge in [0.05, 0.1) is 0 Å². The third-order valence-corrected chi connectivity index (χ3v) is 3.96. The SMILES string of the molecule is CCCCC[CH]([Sn])CCCCC. The summed E-state index contributed by atoms with van der Waals surface area (Å²) in [6.07, 6.45) is 11.6. The average Bonchev–Trinajstić information content (AvgIpc) is 2.06. The van der Waals surface area contributed by atoms with Gasteiger partial charge in [-0.15, -0.1) is 0 Å². The Hall–Kier alpha value is 0.799. The van der Waals surface area contributed by atoms with Crippen LogP contribution in [0.2, 0.25) is 3.93 Å². The normalized spacial score (nSPS) is 11.0. The topological polar surface area (TPSA) is 0 Å². The molecule has 0 saturated heterocycles. The third-order valence-electron chi connectivity index (χ3n) is 2.31. The van der Waals surface area contributed by atoms with Gasteiger partial charge in [0.1, 0.15) is 0 Å². The molecule has 0 unspecified atom stereocenters. The van der Waals surface area contributed by atoms with Crippen molar-refractivity contribution in [1.82, 2.24) is 0 Å². The van der Waals surface area contributed by atoms with Gasteiger partial charge in [-0.25, -0.2) is 0 Å². The van der Waals surface area contributed by atoms with Crippen molar-refractivity contribution in [2.75, 3.05) is 0 Å². The predicted molar refractivity (Wildman–Crippen MR) is 57.8 cm³/mol. The summed E-state index contributed by atoms with van der Waals surface area (Å²) in [5.41, 5.74) is 0. The van der Waals surface area contributed by atoms with E-state index in [0.717, 1.165) is 3.93 Å². The Balaban J connectivity index is 3.04. The molecule has 0 heterocycles. The zero-order valence-electron chi connectivity index (χ0n) is 8.73. The van der Waals surface area contributed by atoms with Gasteiger partial charge in [0.15, 0.2) is 0 Å². The predicted octanol–water partition coefficient (Wildman–Crippen LogP) is 4.10. The Morgan fingerprint density at radius 2 is 1.25 bits per heavy atom. The number of hydrogen-bond acceptors (Lipinski definition) is 0. The Morgan fingerprint density at radius 3 is 1.58 bits per heavy atom. The van der Waals surface area contributed by atoms with Crippen LogP contribution in [0.3, 0.4) is 0 Å². The Bertz CT molecular complexity index is 71.1. The molecule has 0 aromatic heterocycles. The van der Waals surface area contributed by atoms with Crippen LogP contribution in [0.4, 0.5) is 0 Å². The van der Waals surface area contributed by atoms with Crippen LogP contribution in [0, 0.1) is 0 Å². The second-order valence-corrected chi connectivity index (χ2v) is 6.02. The summed E-state index contributed by atoms with van der Waals surface area (Å²) in [4.78, 5) is 0. The molecule has 71 valence electrons. The fraction of sp³-hybridized carbons (Fsp3) is 1.00. The summed E-state index contributed by atoms with van der Waals surface area (Å²) in [5, 5.41) is 0. The monoisotopic (exact) mass is 275 g/mol. The van der Waals surface area contributed by atoms with Gasteiger partial charge < -0.3 is 0 Å². The number of hydrogen-bond donors (Lipinski definition) is 0. The van der Waals surface area contributed by atoms with Gasteiger partial charge in [-0.2, -0.15) is 0 Å². The van der Waals surface area contributed by atoms with Crippen LogP contribution >= 0.6 is 0 Å². The van der Waals surface area contributed by atoms with Crippen LogP contribution in [0.1, 0.15) is 65.2 Å². The zero-order chi connectivity index (χ0) is 9.23. The van der Waals surface area contributed by atoms with Crippen molar-refractivity contribution in [3.05, 3.63) is 0 Å². The van der Waals surface area contributed by atoms with Crippen LogP contribution in [0.25, 0.3) is 0 Å². The molecule has 0 atom stereocenters. The average molecular weight is 274 g/mol. The van der Waals surface area contributed by atoms with Crippen LogP contribution in [0.15, 0.2) is 0 Å². The molecule has 0 aliphatic rings. The molecule has 0 aromatic rings. The van der Waals surface area contributed by atoms with Crippen molar-refractivity contribution in [1.29, 1.82) is 0 Å². The molecule has 0 aliphatic carbocycles. The van der Waals surface area contributed by atoms with Crippen molar-refractivity contribution in [2.24, 2.45) is 0 Å². The first-order chi connectivity index (χ1) is 5.81. The molecule has 0 N–H and O–H groups in total. The standard InChI is InChI=1S/C11H23.Sn/c1-3-5-7-9-11-10-8-6-4-2;/h11H,3-10H2,1-2H3;. The molecule has 12 heavy (non-hydrogen) atoms. The quantitative estimate of drug-likeness (QED) is 0.461. The van der Waals surface area contributed by atoms with Crippen LogP contribution in [-0.2, 0) is 0 Å². The van der Waals surface area contributed by atoms with Crippen molar-refractivity contribution >= 4 is 22.5 Å². The van der Waals surface area contributed by atoms with Crippen LogP contribution < -0.4 is 0 Å². The van der Waals surface area contributed by atoms with E-state index in [2.05, 4.69) is 13.8 Å². The van der Waals surface area contributed by atoms with Crippen LogP contribution in [-0.4, -0.2) is 22.5 Å². The summed E-state index contributed by atoms with van der Waals surface area (Å²) in [5.74, 6) is 0. The first-order valence-electron chi connectivity index (χ1n) is 5.52. The zero-order valence-corrected chi connectivity index (χ0v) is 11.6. The summed E-state index contributed by atoms with van der Waals surface area (Å²) in [6.45, 7) is 4.57. The van der Waals surface area contributed by atoms with Crippen molar-refractivity contribution < 1.29 is 0 Å². The maximum absolute atomic E-state index is 2.29. The van der Waals surface area contributed by atoms with E-state index >= 15 is 0 Å². The van der Waals surface area contributed by atoms with E-state index in [1.54, 1.807) is 22.5 Å². The molecule has 0 spiro atoms. The summed E-state index contributed by atoms with van der Waals surface area (Å²) in [6, 6.07) is 0. The van der Waals surface area contributed by atoms with E-state index in [4.69, 9.17) is 0 Å². The van der Waals surface area contributed by atoms with Crippen LogP contribution in [0.5, 0.6) is 0 Å². The van der Waals surface area contributed by atoms with Gasteiger partial charge in [-0.05, 0) is 0 Å². The molecular formula is C11H23Sn. The molecule has 0 bridgehead atoms. The second kappa shape index (κ2) is 9.88. The van der Waals surface area contributed by atoms with Gasteiger partial charge in [0.25, 0.3) is 0 Å². The molecule has 3 radical (unpaired) electrons. The second-order valence-electron chi connectivity index (χ2n) is 3.69. The fourth-order valence-electron chi connectivity index (χ4n) is 1.43. The van der Waals surface area contributed by atoms with E-state index in [0.29, 0.717) is 0 Å². The first-order valence-corrected chi connectivity index (χ1v) is 7.17. The fourth-order valence-corrected chi connectivity index (χ4v) is 2.59. The third kappa shape index (κ3) is 8.89. The number of unbranched alkanes of at least 4 members (excludes halogenated alkanes) is 4. The molecule has 0 rings (SSSR count). The molecule has 0 fully saturated rings. The van der Waals surface area contributed by atoms with Gasteiger partial charge in [-0.3, -0.25) is 0 Å². The molecule has 0 aliphatic heterocycles. The van der Waals surface area contributed by atoms with E-state index in [1.807, 2.05) is 0 Å². The molecule has 0 nitrogen and oxygen atoms in total. The van der Waals surface area contributed by atoms with Crippen molar-refractivity contribution in [3.63, 3.8) is 0 Å². The molecule has 0 amide bonds. The molecular weight excluding hydrogens is 251 g/mol. The van der Waals surface area contributed by atoms with E-state index in [1.165, 1.54) is 51.4 Å². The minimum absolute atomic E-state index is 1.07. The molecule has 1 heteroatoms. The van der Waals surface area contributed by atoms with Gasteiger partial charge in [0.2, 0.25) is 0 Å². The Labute approximate surface area is 91.6 Å². The Morgan fingerprint density at radius 1 is 0.833 bits per heavy atom. The molecule has 0 saturated carbocycles. The van der Waals surface area contributed by atoms with E-state index in [-0.39, 0.29) is 0 Å². The maximum atomic E-state index is 2.29. The minimum atomic E-state index is 1.07. The first kappa shape index (κ1) is 12.8. The van der Waals surface area contributed by atoms with Gasteiger partial charge in [0, 0.05) is 0 Å². The van der Waals surface area contributed by atoms with E-state index in [9.17, 15) is 0 Å². The van der Waals surface area contributed by atoms with Crippen molar-refractivity contribution in [3.8, 4) is 0 Å². The van der Waals surface area contributed by atoms with E-state index < -0.39 is 0 Å². The summed E-state index contributed by atoms with van der Waals surface area (Å²) in [7, 11) is 0. The van der Waals surface area contributed by atoms with Gasteiger partial charge >= 0.3 is 91.7 Å². The van der Waals surface area contributed by atoms with Crippen molar-refractivity contribution in [2.45, 2.75) is 69.1 Å². The summed E-state index contributed by atoms with van der Waals surface area (Å²) >= 11 is 1.77. The Kier molecular flexibility index (Phi) is 10.5. The summed E-state index contributed by atoms with van der Waals surface area (Å²) < 4.78 is 1.07. The number of rotatable bonds is 8.